The van der Waals surface area contributed by atoms with Crippen molar-refractivity contribution < 1.29 is 14.1 Å². The second-order valence-corrected chi connectivity index (χ2v) is 6.67. The van der Waals surface area contributed by atoms with E-state index in [1.165, 1.54) is 5.01 Å². The first-order chi connectivity index (χ1) is 13.6. The molecule has 3 rings (SSSR count). The average molecular weight is 383 g/mol. The van der Waals surface area contributed by atoms with E-state index in [1.807, 2.05) is 44.2 Å². The van der Waals surface area contributed by atoms with Crippen LogP contribution in [0.2, 0.25) is 0 Å². The molecule has 2 heterocycles. The first kappa shape index (κ1) is 19.7. The molecule has 1 aromatic carbocycles. The summed E-state index contributed by atoms with van der Waals surface area (Å²) in [5.41, 5.74) is 1.37. The molecule has 0 aliphatic carbocycles. The van der Waals surface area contributed by atoms with E-state index in [0.717, 1.165) is 18.4 Å². The van der Waals surface area contributed by atoms with Gasteiger partial charge in [-0.05, 0) is 12.8 Å². The molecule has 1 aliphatic heterocycles. The quantitative estimate of drug-likeness (QED) is 0.699. The van der Waals surface area contributed by atoms with Crippen molar-refractivity contribution >= 4 is 17.5 Å². The van der Waals surface area contributed by atoms with Crippen LogP contribution in [-0.2, 0) is 9.59 Å². The number of aromatic nitrogens is 2. The lowest BCUT2D eigenvalue weighted by molar-refractivity contribution is -0.141. The van der Waals surface area contributed by atoms with Gasteiger partial charge in [0.2, 0.25) is 17.6 Å². The summed E-state index contributed by atoms with van der Waals surface area (Å²) in [5, 5.41) is 9.57. The average Bonchev–Trinajstić information content (AvgIpc) is 3.20. The second-order valence-electron chi connectivity index (χ2n) is 6.67. The van der Waals surface area contributed by atoms with Crippen molar-refractivity contribution in [3.05, 3.63) is 36.2 Å². The topological polar surface area (TPSA) is 91.9 Å². The third-order valence-corrected chi connectivity index (χ3v) is 4.43. The second kappa shape index (κ2) is 9.25. The summed E-state index contributed by atoms with van der Waals surface area (Å²) >= 11 is 0. The van der Waals surface area contributed by atoms with Crippen molar-refractivity contribution in [1.29, 1.82) is 0 Å². The summed E-state index contributed by atoms with van der Waals surface area (Å²) in [6.45, 7) is 5.34. The van der Waals surface area contributed by atoms with E-state index >= 15 is 0 Å². The predicted octanol–water partition coefficient (Wildman–Crippen LogP) is 2.71. The van der Waals surface area contributed by atoms with Gasteiger partial charge < -0.3 is 9.42 Å². The van der Waals surface area contributed by atoms with Gasteiger partial charge in [-0.3, -0.25) is 9.59 Å². The monoisotopic (exact) mass is 383 g/mol. The zero-order valence-electron chi connectivity index (χ0n) is 16.3. The van der Waals surface area contributed by atoms with Gasteiger partial charge >= 0.3 is 0 Å². The smallest absolute Gasteiger partial charge is 0.274 e. The molecule has 8 nitrogen and oxygen atoms in total. The summed E-state index contributed by atoms with van der Waals surface area (Å²) in [5.74, 6) is 0.475. The van der Waals surface area contributed by atoms with Crippen LogP contribution in [0, 0.1) is 0 Å². The minimum absolute atomic E-state index is 0.0674. The number of nitrogens with zero attached hydrogens (tertiary/aromatic N) is 5. The van der Waals surface area contributed by atoms with Crippen LogP contribution in [0.25, 0.3) is 11.4 Å². The molecule has 1 aliphatic rings. The molecule has 148 valence electrons. The largest absolute Gasteiger partial charge is 0.341 e. The number of rotatable bonds is 8. The molecule has 0 N–H and O–H groups in total. The molecular weight excluding hydrogens is 358 g/mol. The minimum Gasteiger partial charge on any atom is -0.341 e. The van der Waals surface area contributed by atoms with Crippen LogP contribution in [0.4, 0.5) is 0 Å². The van der Waals surface area contributed by atoms with E-state index in [2.05, 4.69) is 15.2 Å². The molecule has 1 aromatic heterocycles. The summed E-state index contributed by atoms with van der Waals surface area (Å²) < 4.78 is 5.35. The van der Waals surface area contributed by atoms with Crippen LogP contribution < -0.4 is 0 Å². The van der Waals surface area contributed by atoms with Crippen molar-refractivity contribution in [3.63, 3.8) is 0 Å². The molecule has 0 radical (unpaired) electrons. The Hall–Kier alpha value is -3.03. The SMILES string of the molecule is CCCN(CCC)C(=O)CN1N=C(c2nc(-c3ccccc3)no2)CCC1=O. The molecular formula is C20H25N5O3. The van der Waals surface area contributed by atoms with Gasteiger partial charge in [0.1, 0.15) is 12.3 Å². The lowest BCUT2D eigenvalue weighted by Gasteiger charge is -2.26. The zero-order valence-corrected chi connectivity index (χ0v) is 16.3. The highest BCUT2D eigenvalue weighted by atomic mass is 16.5. The molecule has 0 fully saturated rings. The van der Waals surface area contributed by atoms with Crippen molar-refractivity contribution in [3.8, 4) is 11.4 Å². The van der Waals surface area contributed by atoms with Gasteiger partial charge in [-0.1, -0.05) is 49.3 Å². The molecule has 2 amide bonds. The molecule has 2 aromatic rings. The summed E-state index contributed by atoms with van der Waals surface area (Å²) in [6.07, 6.45) is 2.42. The Labute approximate surface area is 164 Å². The molecule has 28 heavy (non-hydrogen) atoms. The van der Waals surface area contributed by atoms with Gasteiger partial charge in [-0.2, -0.15) is 10.1 Å². The summed E-state index contributed by atoms with van der Waals surface area (Å²) in [7, 11) is 0. The highest BCUT2D eigenvalue weighted by Crippen LogP contribution is 2.19. The van der Waals surface area contributed by atoms with E-state index in [-0.39, 0.29) is 30.7 Å². The maximum Gasteiger partial charge on any atom is 0.274 e. The van der Waals surface area contributed by atoms with Crippen molar-refractivity contribution in [2.24, 2.45) is 5.10 Å². The highest BCUT2D eigenvalue weighted by Gasteiger charge is 2.27. The number of hydrogen-bond donors (Lipinski definition) is 0. The van der Waals surface area contributed by atoms with Gasteiger partial charge in [-0.25, -0.2) is 5.01 Å². The van der Waals surface area contributed by atoms with Gasteiger partial charge in [0, 0.05) is 31.5 Å². The van der Waals surface area contributed by atoms with Crippen LogP contribution in [0.15, 0.2) is 40.0 Å². The Morgan fingerprint density at radius 1 is 1.14 bits per heavy atom. The number of benzene rings is 1. The molecule has 0 saturated heterocycles. The van der Waals surface area contributed by atoms with Gasteiger partial charge in [-0.15, -0.1) is 0 Å². The Bertz CT molecular complexity index is 841. The van der Waals surface area contributed by atoms with E-state index in [0.29, 0.717) is 31.0 Å². The number of hydrazone groups is 1. The number of hydrogen-bond acceptors (Lipinski definition) is 6. The Kier molecular flexibility index (Phi) is 6.52. The maximum atomic E-state index is 12.6. The van der Waals surface area contributed by atoms with E-state index in [9.17, 15) is 9.59 Å². The molecule has 0 atom stereocenters. The lowest BCUT2D eigenvalue weighted by Crippen LogP contribution is -2.43. The van der Waals surface area contributed by atoms with Gasteiger partial charge in [0.25, 0.3) is 5.89 Å². The molecule has 0 saturated carbocycles. The molecule has 0 unspecified atom stereocenters. The van der Waals surface area contributed by atoms with Crippen LogP contribution in [0.5, 0.6) is 0 Å². The van der Waals surface area contributed by atoms with Gasteiger partial charge in [0.05, 0.1) is 0 Å². The Morgan fingerprint density at radius 3 is 2.54 bits per heavy atom. The minimum atomic E-state index is -0.173. The standard InChI is InChI=1S/C20H25N5O3/c1-3-12-24(13-4-2)18(27)14-25-17(26)11-10-16(22-25)20-21-19(23-28-20)15-8-6-5-7-9-15/h5-9H,3-4,10-14H2,1-2H3. The lowest BCUT2D eigenvalue weighted by atomic mass is 10.1. The first-order valence-electron chi connectivity index (χ1n) is 9.67. The van der Waals surface area contributed by atoms with Crippen LogP contribution in [0.1, 0.15) is 45.4 Å². The highest BCUT2D eigenvalue weighted by molar-refractivity contribution is 6.01. The molecule has 0 bridgehead atoms. The summed E-state index contributed by atoms with van der Waals surface area (Å²) in [4.78, 5) is 31.0. The Morgan fingerprint density at radius 2 is 1.86 bits per heavy atom. The first-order valence-corrected chi connectivity index (χ1v) is 9.67. The summed E-state index contributed by atoms with van der Waals surface area (Å²) in [6, 6.07) is 9.49. The zero-order chi connectivity index (χ0) is 19.9. The van der Waals surface area contributed by atoms with Crippen molar-refractivity contribution in [2.75, 3.05) is 19.6 Å². The number of carbonyl (C=O) groups is 2. The van der Waals surface area contributed by atoms with Crippen molar-refractivity contribution in [2.45, 2.75) is 39.5 Å². The van der Waals surface area contributed by atoms with Crippen molar-refractivity contribution in [1.82, 2.24) is 20.0 Å². The van der Waals surface area contributed by atoms with Crippen LogP contribution in [-0.4, -0.2) is 57.2 Å². The third kappa shape index (κ3) is 4.62. The molecule has 0 spiro atoms. The molecule has 8 heteroatoms. The predicted molar refractivity (Wildman–Crippen MR) is 104 cm³/mol. The van der Waals surface area contributed by atoms with Crippen LogP contribution >= 0.6 is 0 Å². The third-order valence-electron chi connectivity index (χ3n) is 4.43. The maximum absolute atomic E-state index is 12.6. The fourth-order valence-corrected chi connectivity index (χ4v) is 3.05. The Balaban J connectivity index is 1.75. The number of amides is 2. The van der Waals surface area contributed by atoms with Gasteiger partial charge in [0.15, 0.2) is 0 Å². The van der Waals surface area contributed by atoms with E-state index in [4.69, 9.17) is 4.52 Å². The number of carbonyl (C=O) groups excluding carboxylic acids is 2. The fourth-order valence-electron chi connectivity index (χ4n) is 3.05. The normalized spacial score (nSPS) is 14.1. The van der Waals surface area contributed by atoms with E-state index < -0.39 is 0 Å². The van der Waals surface area contributed by atoms with E-state index in [1.54, 1.807) is 4.90 Å². The fraction of sp³-hybridized carbons (Fsp3) is 0.450. The van der Waals surface area contributed by atoms with Crippen LogP contribution in [0.3, 0.4) is 0 Å².